The SMILES string of the molecule is NC(=O)c1ccccc1.O=C(O)c1cc(NC(=O)c2cc(F)ccc2O)[nH]n1. The molecule has 10 heteroatoms. The van der Waals surface area contributed by atoms with E-state index < -0.39 is 23.4 Å². The van der Waals surface area contributed by atoms with Gasteiger partial charge in [0.2, 0.25) is 5.91 Å². The lowest BCUT2D eigenvalue weighted by molar-refractivity contribution is 0.0690. The molecule has 0 radical (unpaired) electrons. The van der Waals surface area contributed by atoms with Crippen molar-refractivity contribution in [3.63, 3.8) is 0 Å². The molecular formula is C18H15FN4O5. The fraction of sp³-hybridized carbons (Fsp3) is 0. The molecule has 144 valence electrons. The van der Waals surface area contributed by atoms with Gasteiger partial charge in [0, 0.05) is 11.6 Å². The number of aromatic hydroxyl groups is 1. The number of nitrogens with zero attached hydrogens (tertiary/aromatic N) is 1. The van der Waals surface area contributed by atoms with Gasteiger partial charge < -0.3 is 21.3 Å². The number of phenolic OH excluding ortho intramolecular Hbond substituents is 1. The summed E-state index contributed by atoms with van der Waals surface area (Å²) in [4.78, 5) is 32.7. The van der Waals surface area contributed by atoms with Gasteiger partial charge in [0.25, 0.3) is 5.91 Å². The molecule has 1 aromatic heterocycles. The molecule has 0 aliphatic heterocycles. The summed E-state index contributed by atoms with van der Waals surface area (Å²) in [5.41, 5.74) is 4.98. The van der Waals surface area contributed by atoms with E-state index in [4.69, 9.17) is 10.8 Å². The molecule has 0 unspecified atom stereocenters. The largest absolute Gasteiger partial charge is 0.507 e. The molecule has 0 saturated heterocycles. The topological polar surface area (TPSA) is 158 Å². The molecule has 0 saturated carbocycles. The minimum atomic E-state index is -1.26. The highest BCUT2D eigenvalue weighted by Crippen LogP contribution is 2.19. The number of primary amides is 1. The molecule has 2 aromatic carbocycles. The average Bonchev–Trinajstić information content (AvgIpc) is 3.13. The van der Waals surface area contributed by atoms with E-state index in [1.165, 1.54) is 0 Å². The van der Waals surface area contributed by atoms with E-state index in [0.29, 0.717) is 5.56 Å². The fourth-order valence-electron chi connectivity index (χ4n) is 1.98. The van der Waals surface area contributed by atoms with Crippen LogP contribution in [-0.2, 0) is 0 Å². The van der Waals surface area contributed by atoms with Gasteiger partial charge in [-0.2, -0.15) is 5.10 Å². The summed E-state index contributed by atoms with van der Waals surface area (Å²) < 4.78 is 13.0. The number of rotatable bonds is 4. The maximum absolute atomic E-state index is 13.0. The number of halogens is 1. The van der Waals surface area contributed by atoms with E-state index in [-0.39, 0.29) is 23.0 Å². The van der Waals surface area contributed by atoms with Crippen LogP contribution in [0.15, 0.2) is 54.6 Å². The number of nitrogens with one attached hydrogen (secondary N) is 2. The summed E-state index contributed by atoms with van der Waals surface area (Å²) in [6.07, 6.45) is 0. The molecule has 28 heavy (non-hydrogen) atoms. The Hall–Kier alpha value is -4.21. The lowest BCUT2D eigenvalue weighted by atomic mass is 10.2. The summed E-state index contributed by atoms with van der Waals surface area (Å²) in [6, 6.07) is 12.8. The minimum absolute atomic E-state index is 0.0195. The highest BCUT2D eigenvalue weighted by atomic mass is 19.1. The Bertz CT molecular complexity index is 1000. The fourth-order valence-corrected chi connectivity index (χ4v) is 1.98. The average molecular weight is 386 g/mol. The first-order valence-corrected chi connectivity index (χ1v) is 7.71. The van der Waals surface area contributed by atoms with Gasteiger partial charge in [0.15, 0.2) is 5.69 Å². The van der Waals surface area contributed by atoms with Crippen molar-refractivity contribution in [1.29, 1.82) is 0 Å². The van der Waals surface area contributed by atoms with E-state index >= 15 is 0 Å². The number of H-pyrrole nitrogens is 1. The predicted molar refractivity (Wildman–Crippen MR) is 96.5 cm³/mol. The van der Waals surface area contributed by atoms with Gasteiger partial charge in [0.1, 0.15) is 17.4 Å². The maximum Gasteiger partial charge on any atom is 0.356 e. The number of aromatic carboxylic acids is 1. The Morgan fingerprint density at radius 1 is 1.07 bits per heavy atom. The molecule has 3 aromatic rings. The van der Waals surface area contributed by atoms with Crippen LogP contribution in [0.4, 0.5) is 10.2 Å². The highest BCUT2D eigenvalue weighted by molar-refractivity contribution is 6.06. The second-order valence-electron chi connectivity index (χ2n) is 5.32. The van der Waals surface area contributed by atoms with Crippen LogP contribution in [0.3, 0.4) is 0 Å². The van der Waals surface area contributed by atoms with Crippen LogP contribution < -0.4 is 11.1 Å². The van der Waals surface area contributed by atoms with Crippen molar-refractivity contribution in [3.8, 4) is 5.75 Å². The Morgan fingerprint density at radius 2 is 1.75 bits per heavy atom. The third-order valence-electron chi connectivity index (χ3n) is 3.31. The van der Waals surface area contributed by atoms with Crippen LogP contribution in [0, 0.1) is 5.82 Å². The highest BCUT2D eigenvalue weighted by Gasteiger charge is 2.15. The molecule has 3 rings (SSSR count). The van der Waals surface area contributed by atoms with Gasteiger partial charge in [-0.3, -0.25) is 14.7 Å². The van der Waals surface area contributed by atoms with Gasteiger partial charge in [-0.15, -0.1) is 0 Å². The molecule has 9 nitrogen and oxygen atoms in total. The minimum Gasteiger partial charge on any atom is -0.507 e. The van der Waals surface area contributed by atoms with E-state index in [1.807, 2.05) is 6.07 Å². The number of anilines is 1. The number of phenols is 1. The van der Waals surface area contributed by atoms with Crippen molar-refractivity contribution >= 4 is 23.6 Å². The number of carbonyl (C=O) groups is 3. The molecule has 0 atom stereocenters. The summed E-state index contributed by atoms with van der Waals surface area (Å²) >= 11 is 0. The van der Waals surface area contributed by atoms with Crippen LogP contribution in [0.1, 0.15) is 31.2 Å². The van der Waals surface area contributed by atoms with Crippen molar-refractivity contribution in [2.24, 2.45) is 5.73 Å². The first kappa shape index (κ1) is 20.1. The third kappa shape index (κ3) is 5.39. The Morgan fingerprint density at radius 3 is 2.29 bits per heavy atom. The number of benzene rings is 2. The van der Waals surface area contributed by atoms with Crippen LogP contribution in [0.2, 0.25) is 0 Å². The zero-order valence-corrected chi connectivity index (χ0v) is 14.2. The second kappa shape index (κ2) is 8.94. The number of amides is 2. The molecular weight excluding hydrogens is 371 g/mol. The lowest BCUT2D eigenvalue weighted by Gasteiger charge is -2.04. The lowest BCUT2D eigenvalue weighted by Crippen LogP contribution is -2.12. The normalized spacial score (nSPS) is 9.75. The summed E-state index contributed by atoms with van der Waals surface area (Å²) in [5, 5.41) is 26.0. The second-order valence-corrected chi connectivity index (χ2v) is 5.32. The van der Waals surface area contributed by atoms with Crippen molar-refractivity contribution in [2.75, 3.05) is 5.32 Å². The monoisotopic (exact) mass is 386 g/mol. The Balaban J connectivity index is 0.000000261. The van der Waals surface area contributed by atoms with Gasteiger partial charge >= 0.3 is 5.97 Å². The molecule has 0 aliphatic rings. The van der Waals surface area contributed by atoms with Gasteiger partial charge in [0.05, 0.1) is 5.56 Å². The Labute approximate surface area is 157 Å². The molecule has 0 bridgehead atoms. The number of carbonyl (C=O) groups excluding carboxylic acids is 2. The van der Waals surface area contributed by atoms with Gasteiger partial charge in [-0.05, 0) is 30.3 Å². The van der Waals surface area contributed by atoms with Crippen LogP contribution in [0.5, 0.6) is 5.75 Å². The third-order valence-corrected chi connectivity index (χ3v) is 3.31. The number of nitrogens with two attached hydrogens (primary N) is 1. The van der Waals surface area contributed by atoms with Crippen molar-refractivity contribution in [3.05, 3.63) is 77.2 Å². The summed E-state index contributed by atoms with van der Waals surface area (Å²) in [7, 11) is 0. The molecule has 0 spiro atoms. The molecule has 2 amide bonds. The molecule has 0 aliphatic carbocycles. The van der Waals surface area contributed by atoms with E-state index in [0.717, 1.165) is 24.3 Å². The van der Waals surface area contributed by atoms with Crippen molar-refractivity contribution < 1.29 is 29.0 Å². The maximum atomic E-state index is 13.0. The van der Waals surface area contributed by atoms with E-state index in [2.05, 4.69) is 15.5 Å². The quantitative estimate of drug-likeness (QED) is 0.461. The number of hydrogen-bond acceptors (Lipinski definition) is 5. The van der Waals surface area contributed by atoms with Gasteiger partial charge in [-0.25, -0.2) is 9.18 Å². The Kier molecular flexibility index (Phi) is 6.42. The zero-order chi connectivity index (χ0) is 20.7. The number of carboxylic acids is 1. The van der Waals surface area contributed by atoms with E-state index in [9.17, 15) is 23.9 Å². The standard InChI is InChI=1S/C11H8FN3O4.C7H7NO/c12-5-1-2-8(16)6(3-5)10(17)13-9-4-7(11(18)19)14-15-9;8-7(9)6-4-2-1-3-5-6/h1-4,16H,(H,18,19)(H2,13,14,15,17);1-5H,(H2,8,9). The number of aromatic nitrogens is 2. The first-order chi connectivity index (χ1) is 13.3. The van der Waals surface area contributed by atoms with Crippen molar-refractivity contribution in [2.45, 2.75) is 0 Å². The smallest absolute Gasteiger partial charge is 0.356 e. The number of aromatic amines is 1. The van der Waals surface area contributed by atoms with Crippen LogP contribution in [-0.4, -0.2) is 38.2 Å². The van der Waals surface area contributed by atoms with Gasteiger partial charge in [-0.1, -0.05) is 18.2 Å². The predicted octanol–water partition coefficient (Wildman–Crippen LogP) is 1.99. The van der Waals surface area contributed by atoms with Crippen LogP contribution in [0.25, 0.3) is 0 Å². The van der Waals surface area contributed by atoms with Crippen molar-refractivity contribution in [1.82, 2.24) is 10.2 Å². The van der Waals surface area contributed by atoms with Crippen LogP contribution >= 0.6 is 0 Å². The summed E-state index contributed by atoms with van der Waals surface area (Å²) in [5.74, 6) is -3.49. The number of carboxylic acid groups (broad SMARTS) is 1. The molecule has 1 heterocycles. The number of hydrogen-bond donors (Lipinski definition) is 5. The molecule has 6 N–H and O–H groups in total. The summed E-state index contributed by atoms with van der Waals surface area (Å²) in [6.45, 7) is 0. The zero-order valence-electron chi connectivity index (χ0n) is 14.2. The van der Waals surface area contributed by atoms with E-state index in [1.54, 1.807) is 24.3 Å². The first-order valence-electron chi connectivity index (χ1n) is 7.71. The molecule has 0 fully saturated rings.